The van der Waals surface area contributed by atoms with Gasteiger partial charge in [-0.25, -0.2) is 48.0 Å². The van der Waals surface area contributed by atoms with E-state index in [1.165, 1.54) is 22.3 Å². The Labute approximate surface area is 673 Å². The van der Waals surface area contributed by atoms with Crippen LogP contribution in [0.2, 0.25) is 0 Å². The number of fused-ring (bicyclic) bond motifs is 8. The number of nitrogens with zero attached hydrogens (tertiary/aromatic N) is 18. The largest absolute Gasteiger partial charge is 0.357 e. The van der Waals surface area contributed by atoms with Gasteiger partial charge in [0.25, 0.3) is 0 Å². The lowest BCUT2D eigenvalue weighted by atomic mass is 10.1. The molecule has 0 unspecified atom stereocenters. The van der Waals surface area contributed by atoms with Gasteiger partial charge in [0.2, 0.25) is 5.78 Å². The second kappa shape index (κ2) is 55.7. The number of hydrogen-bond acceptors (Lipinski definition) is 11. The number of imidazole rings is 3. The second-order valence-electron chi connectivity index (χ2n) is 25.9. The molecule has 1 N–H and O–H groups in total. The first kappa shape index (κ1) is 99.3. The van der Waals surface area contributed by atoms with Crippen molar-refractivity contribution in [1.29, 1.82) is 0 Å². The lowest BCUT2D eigenvalue weighted by molar-refractivity contribution is 0.765. The number of rotatable bonds is 8. The van der Waals surface area contributed by atoms with Crippen LogP contribution in [-0.4, -0.2) is 91.5 Å². The Hall–Kier alpha value is -10.7. The van der Waals surface area contributed by atoms with Crippen LogP contribution in [0.25, 0.3) is 50.4 Å². The Morgan fingerprint density at radius 2 is 0.741 bits per heavy atom. The summed E-state index contributed by atoms with van der Waals surface area (Å²) in [6.45, 7) is 66.3. The minimum atomic E-state index is 0.393. The molecule has 0 aromatic carbocycles. The van der Waals surface area contributed by atoms with E-state index in [1.807, 2.05) is 260 Å². The lowest BCUT2D eigenvalue weighted by Gasteiger charge is -1.97. The van der Waals surface area contributed by atoms with Gasteiger partial charge < -0.3 is 13.8 Å². The fourth-order valence-electron chi connectivity index (χ4n) is 9.63. The van der Waals surface area contributed by atoms with Gasteiger partial charge in [0, 0.05) is 104 Å². The van der Waals surface area contributed by atoms with Gasteiger partial charge in [-0.3, -0.25) is 9.38 Å². The molecular formula is C93H141N19. The summed E-state index contributed by atoms with van der Waals surface area (Å²) in [5.74, 6) is 5.64. The molecule has 0 saturated heterocycles. The summed E-state index contributed by atoms with van der Waals surface area (Å²) in [5.41, 5.74) is 16.7. The summed E-state index contributed by atoms with van der Waals surface area (Å²) < 4.78 is 13.5. The Balaban J connectivity index is 0.000000623. The van der Waals surface area contributed by atoms with E-state index >= 15 is 0 Å². The molecule has 16 heterocycles. The monoisotopic (exact) mass is 1520 g/mol. The smallest absolute Gasteiger partial charge is 0.233 e. The van der Waals surface area contributed by atoms with Crippen molar-refractivity contribution >= 4 is 50.4 Å². The number of hydrogen-bond donors (Lipinski definition) is 1. The number of aromatic amines is 1. The molecule has 0 aliphatic heterocycles. The van der Waals surface area contributed by atoms with Crippen LogP contribution in [-0.2, 0) is 0 Å². The van der Waals surface area contributed by atoms with Gasteiger partial charge in [-0.1, -0.05) is 246 Å². The molecule has 19 nitrogen and oxygen atoms in total. The van der Waals surface area contributed by atoms with E-state index in [1.54, 1.807) is 32.1 Å². The predicted octanol–water partition coefficient (Wildman–Crippen LogP) is 26.3. The summed E-state index contributed by atoms with van der Waals surface area (Å²) in [7, 11) is 0. The van der Waals surface area contributed by atoms with Crippen molar-refractivity contribution in [3.8, 4) is 0 Å². The van der Waals surface area contributed by atoms with E-state index < -0.39 is 0 Å². The Bertz CT molecular complexity index is 3780. The number of H-pyrrole nitrogens is 1. The first-order chi connectivity index (χ1) is 54.2. The molecule has 0 aliphatic carbocycles. The first-order valence-corrected chi connectivity index (χ1v) is 41.3. The minimum Gasteiger partial charge on any atom is -0.357 e. The predicted molar refractivity (Wildman–Crippen MR) is 479 cm³/mol. The number of aromatic nitrogens is 19. The molecule has 0 amide bonds. The van der Waals surface area contributed by atoms with Gasteiger partial charge in [0.05, 0.1) is 51.2 Å². The maximum absolute atomic E-state index is 4.48. The van der Waals surface area contributed by atoms with Crippen LogP contribution in [0.15, 0.2) is 220 Å². The van der Waals surface area contributed by atoms with Crippen LogP contribution in [0, 0.1) is 0 Å². The summed E-state index contributed by atoms with van der Waals surface area (Å²) >= 11 is 0. The molecule has 0 radical (unpaired) electrons. The van der Waals surface area contributed by atoms with E-state index in [9.17, 15) is 0 Å². The van der Waals surface area contributed by atoms with E-state index in [4.69, 9.17) is 0 Å². The maximum Gasteiger partial charge on any atom is 0.233 e. The standard InChI is InChI=1S/C11H13N.3C10H12N2.4C9H11N3.8C2H6/c1-9(2)10-7-11-5-3-4-6-12(11)8-10;1-7(2)9-6-10-8(12-9)4-3-5-11-10;1-8(2)9-7-12-6-4-3-5-10(12)11-9;1-8(2)10-7-9-5-3-4-6-12(9)11-10;1-7(2)8-6-12-5-3-4-10-9(12)11-8;1-7(2)8-6-9-10-4-3-5-12(9)11-8;1-7(2)8-6-12-9(11-8)4-3-5-10-12;1-7(2)9-10-8-5-3-4-6-12(8)11-9;8*1-2/h3-9H,1-2H3;3-7,12H,1-2H3;2*3-8H,1-2H3;4*3-7H,1-2H3;8*1-2H3. The molecule has 0 saturated carbocycles. The van der Waals surface area contributed by atoms with Gasteiger partial charge >= 0.3 is 0 Å². The molecule has 112 heavy (non-hydrogen) atoms. The van der Waals surface area contributed by atoms with Crippen LogP contribution in [0.4, 0.5) is 0 Å². The summed E-state index contributed by atoms with van der Waals surface area (Å²) in [5, 5.41) is 17.3. The average Bonchev–Trinajstić information content (AvgIpc) is 1.78. The quantitative estimate of drug-likeness (QED) is 0.152. The van der Waals surface area contributed by atoms with E-state index in [0.717, 1.165) is 73.7 Å². The summed E-state index contributed by atoms with van der Waals surface area (Å²) in [4.78, 5) is 33.5. The molecule has 19 heteroatoms. The molecule has 0 atom stereocenters. The van der Waals surface area contributed by atoms with Gasteiger partial charge in [-0.15, -0.1) is 0 Å². The lowest BCUT2D eigenvalue weighted by Crippen LogP contribution is -1.90. The third-order valence-corrected chi connectivity index (χ3v) is 15.5. The highest BCUT2D eigenvalue weighted by atomic mass is 15.3. The number of nitrogens with one attached hydrogen (secondary N) is 1. The van der Waals surface area contributed by atoms with Gasteiger partial charge in [-0.05, 0) is 150 Å². The summed E-state index contributed by atoms with van der Waals surface area (Å²) in [6, 6.07) is 44.4. The third kappa shape index (κ3) is 32.0. The molecule has 0 fully saturated rings. The molecule has 16 aromatic heterocycles. The Morgan fingerprint density at radius 1 is 0.286 bits per heavy atom. The van der Waals surface area contributed by atoms with Gasteiger partial charge in [0.1, 0.15) is 5.65 Å². The van der Waals surface area contributed by atoms with Crippen molar-refractivity contribution in [2.24, 2.45) is 0 Å². The van der Waals surface area contributed by atoms with Crippen LogP contribution in [0.3, 0.4) is 0 Å². The van der Waals surface area contributed by atoms with Crippen molar-refractivity contribution < 1.29 is 0 Å². The highest BCUT2D eigenvalue weighted by Crippen LogP contribution is 2.22. The van der Waals surface area contributed by atoms with Crippen LogP contribution < -0.4 is 0 Å². The normalized spacial score (nSPS) is 10.1. The maximum atomic E-state index is 4.48. The topological polar surface area (TPSA) is 188 Å². The van der Waals surface area contributed by atoms with Gasteiger partial charge in [0.15, 0.2) is 22.8 Å². The fourth-order valence-corrected chi connectivity index (χ4v) is 9.63. The molecule has 608 valence electrons. The molecule has 0 spiro atoms. The Kier molecular flexibility index (Phi) is 49.4. The van der Waals surface area contributed by atoms with Crippen molar-refractivity contribution in [2.75, 3.05) is 0 Å². The highest BCUT2D eigenvalue weighted by molar-refractivity contribution is 5.75. The van der Waals surface area contributed by atoms with Crippen molar-refractivity contribution in [1.82, 2.24) is 91.5 Å². The SMILES string of the molecule is CC.CC.CC.CC.CC.CC.CC.CC.CC(C)c1cc2ccccn2c1.CC(C)c1cc2ccccn2n1.CC(C)c1cc2ncccc2[nH]1.CC(C)c1cc2ncccn2n1.CC(C)c1cn2ccccc2n1.CC(C)c1cn2cccnc2n1.CC(C)c1cn2ncccc2n1.CC(C)c1nc2ccccn2n1. The molecule has 0 aliphatic rings. The fraction of sp³-hybridized carbons (Fsp3) is 0.430. The van der Waals surface area contributed by atoms with Crippen molar-refractivity contribution in [2.45, 2.75) is 269 Å². The van der Waals surface area contributed by atoms with E-state index in [0.29, 0.717) is 47.3 Å². The zero-order valence-electron chi connectivity index (χ0n) is 74.5. The van der Waals surface area contributed by atoms with Gasteiger partial charge in [-0.2, -0.15) is 20.4 Å². The van der Waals surface area contributed by atoms with Crippen LogP contribution >= 0.6 is 0 Å². The summed E-state index contributed by atoms with van der Waals surface area (Å²) in [6.07, 6.45) is 27.2. The number of pyridine rings is 5. The molecular weight excluding hydrogens is 1380 g/mol. The molecule has 0 bridgehead atoms. The molecule has 16 rings (SSSR count). The van der Waals surface area contributed by atoms with Crippen molar-refractivity contribution in [3.63, 3.8) is 0 Å². The third-order valence-electron chi connectivity index (χ3n) is 15.5. The van der Waals surface area contributed by atoms with Crippen LogP contribution in [0.5, 0.6) is 0 Å². The highest BCUT2D eigenvalue weighted by Gasteiger charge is 2.11. The zero-order valence-corrected chi connectivity index (χ0v) is 74.5. The second-order valence-corrected chi connectivity index (χ2v) is 25.9. The first-order valence-electron chi connectivity index (χ1n) is 41.3. The molecule has 16 aromatic rings. The minimum absolute atomic E-state index is 0.393. The average molecular weight is 1530 g/mol. The zero-order chi connectivity index (χ0) is 84.4. The van der Waals surface area contributed by atoms with E-state index in [2.05, 4.69) is 241 Å². The Morgan fingerprint density at radius 3 is 1.28 bits per heavy atom. The van der Waals surface area contributed by atoms with E-state index in [-0.39, 0.29) is 0 Å². The van der Waals surface area contributed by atoms with Crippen molar-refractivity contribution in [3.05, 3.63) is 266 Å². The van der Waals surface area contributed by atoms with Crippen LogP contribution in [0.1, 0.15) is 314 Å².